The molecule has 25 heavy (non-hydrogen) atoms. The molecule has 0 bridgehead atoms. The average molecular weight is 362 g/mol. The highest BCUT2D eigenvalue weighted by Gasteiger charge is 2.31. The van der Waals surface area contributed by atoms with Crippen LogP contribution in [0.15, 0.2) is 42.5 Å². The maximum atomic E-state index is 12.6. The summed E-state index contributed by atoms with van der Waals surface area (Å²) in [6.45, 7) is 0.400. The summed E-state index contributed by atoms with van der Waals surface area (Å²) in [4.78, 5) is 24.9. The SMILES string of the molecule is O=C(c1ccccc1)c1ccc2n1CCC2C(=O)NCCS(=O)(=O)O. The van der Waals surface area contributed by atoms with E-state index < -0.39 is 21.8 Å². The molecule has 2 N–H and O–H groups in total. The smallest absolute Gasteiger partial charge is 0.266 e. The molecule has 1 aliphatic heterocycles. The van der Waals surface area contributed by atoms with Crippen molar-refractivity contribution in [3.05, 3.63) is 59.4 Å². The average Bonchev–Trinajstić information content (AvgIpc) is 3.15. The first-order chi connectivity index (χ1) is 11.9. The molecule has 1 unspecified atom stereocenters. The molecule has 1 aromatic heterocycles. The van der Waals surface area contributed by atoms with Gasteiger partial charge in [-0.2, -0.15) is 8.42 Å². The van der Waals surface area contributed by atoms with Crippen LogP contribution in [0.25, 0.3) is 0 Å². The Balaban J connectivity index is 1.73. The maximum Gasteiger partial charge on any atom is 0.266 e. The van der Waals surface area contributed by atoms with Crippen LogP contribution in [-0.2, 0) is 21.5 Å². The monoisotopic (exact) mass is 362 g/mol. The number of rotatable bonds is 6. The van der Waals surface area contributed by atoms with E-state index in [-0.39, 0.29) is 18.2 Å². The van der Waals surface area contributed by atoms with Gasteiger partial charge in [-0.1, -0.05) is 30.3 Å². The molecule has 1 aromatic carbocycles. The molecule has 0 saturated heterocycles. The number of fused-ring (bicyclic) bond motifs is 1. The van der Waals surface area contributed by atoms with Crippen LogP contribution in [0.3, 0.4) is 0 Å². The highest BCUT2D eigenvalue weighted by molar-refractivity contribution is 7.85. The molecule has 3 rings (SSSR count). The number of hydrogen-bond acceptors (Lipinski definition) is 4. The van der Waals surface area contributed by atoms with Crippen LogP contribution in [0.5, 0.6) is 0 Å². The van der Waals surface area contributed by atoms with Crippen molar-refractivity contribution < 1.29 is 22.6 Å². The van der Waals surface area contributed by atoms with Crippen LogP contribution in [0.4, 0.5) is 0 Å². The summed E-state index contributed by atoms with van der Waals surface area (Å²) in [5.74, 6) is -1.36. The van der Waals surface area contributed by atoms with Crippen molar-refractivity contribution in [2.45, 2.75) is 18.9 Å². The summed E-state index contributed by atoms with van der Waals surface area (Å²) in [6, 6.07) is 12.4. The van der Waals surface area contributed by atoms with E-state index in [0.717, 1.165) is 5.69 Å². The first-order valence-electron chi connectivity index (χ1n) is 7.89. The normalized spacial score (nSPS) is 16.4. The Morgan fingerprint density at radius 2 is 1.88 bits per heavy atom. The zero-order valence-electron chi connectivity index (χ0n) is 13.4. The fourth-order valence-corrected chi connectivity index (χ4v) is 3.43. The van der Waals surface area contributed by atoms with Gasteiger partial charge in [-0.25, -0.2) is 0 Å². The third kappa shape index (κ3) is 3.80. The minimum atomic E-state index is -4.11. The van der Waals surface area contributed by atoms with Gasteiger partial charge in [0.2, 0.25) is 11.7 Å². The van der Waals surface area contributed by atoms with Gasteiger partial charge in [-0.3, -0.25) is 14.1 Å². The van der Waals surface area contributed by atoms with E-state index in [1.807, 2.05) is 10.6 Å². The Morgan fingerprint density at radius 3 is 2.56 bits per heavy atom. The Kier molecular flexibility index (Phi) is 4.73. The summed E-state index contributed by atoms with van der Waals surface area (Å²) in [7, 11) is -4.11. The molecule has 8 heteroatoms. The topological polar surface area (TPSA) is 105 Å². The lowest BCUT2D eigenvalue weighted by molar-refractivity contribution is -0.122. The number of aromatic nitrogens is 1. The predicted molar refractivity (Wildman–Crippen MR) is 91.1 cm³/mol. The van der Waals surface area contributed by atoms with Crippen LogP contribution in [0, 0.1) is 0 Å². The van der Waals surface area contributed by atoms with Gasteiger partial charge in [0, 0.05) is 24.3 Å². The van der Waals surface area contributed by atoms with Crippen molar-refractivity contribution in [2.75, 3.05) is 12.3 Å². The van der Waals surface area contributed by atoms with E-state index in [9.17, 15) is 18.0 Å². The number of amides is 1. The molecule has 0 saturated carbocycles. The summed E-state index contributed by atoms with van der Waals surface area (Å²) >= 11 is 0. The van der Waals surface area contributed by atoms with Gasteiger partial charge in [0.05, 0.1) is 17.4 Å². The fraction of sp³-hybridized carbons (Fsp3) is 0.294. The van der Waals surface area contributed by atoms with Crippen LogP contribution < -0.4 is 5.32 Å². The number of carbonyl (C=O) groups is 2. The van der Waals surface area contributed by atoms with E-state index >= 15 is 0 Å². The van der Waals surface area contributed by atoms with Gasteiger partial charge < -0.3 is 9.88 Å². The number of nitrogens with zero attached hydrogens (tertiary/aromatic N) is 1. The third-order valence-corrected chi connectivity index (χ3v) is 4.98. The molecule has 0 fully saturated rings. The first kappa shape index (κ1) is 17.4. The highest BCUT2D eigenvalue weighted by Crippen LogP contribution is 2.31. The quantitative estimate of drug-likeness (QED) is 0.594. The van der Waals surface area contributed by atoms with Crippen LogP contribution in [0.1, 0.15) is 34.1 Å². The van der Waals surface area contributed by atoms with Gasteiger partial charge in [0.1, 0.15) is 0 Å². The van der Waals surface area contributed by atoms with Crippen LogP contribution >= 0.6 is 0 Å². The molecule has 2 heterocycles. The summed E-state index contributed by atoms with van der Waals surface area (Å²) in [5, 5.41) is 2.52. The lowest BCUT2D eigenvalue weighted by Gasteiger charge is -2.10. The molecule has 1 amide bonds. The molecule has 2 aromatic rings. The standard InChI is InChI=1S/C17H18N2O5S/c20-16(12-4-2-1-3-5-12)15-7-6-14-13(8-10-19(14)15)17(21)18-9-11-25(22,23)24/h1-7,13H,8-11H2,(H,18,21)(H,22,23,24). The van der Waals surface area contributed by atoms with Gasteiger partial charge >= 0.3 is 0 Å². The van der Waals surface area contributed by atoms with Crippen molar-refractivity contribution in [3.63, 3.8) is 0 Å². The zero-order valence-corrected chi connectivity index (χ0v) is 14.2. The van der Waals surface area contributed by atoms with E-state index in [1.54, 1.807) is 36.4 Å². The number of nitrogens with one attached hydrogen (secondary N) is 1. The fourth-order valence-electron chi connectivity index (χ4n) is 3.07. The number of carbonyl (C=O) groups excluding carboxylic acids is 2. The Morgan fingerprint density at radius 1 is 1.16 bits per heavy atom. The minimum Gasteiger partial charge on any atom is -0.354 e. The second-order valence-corrected chi connectivity index (χ2v) is 7.48. The van der Waals surface area contributed by atoms with Crippen molar-refractivity contribution in [2.24, 2.45) is 0 Å². The molecule has 132 valence electrons. The summed E-state index contributed by atoms with van der Waals surface area (Å²) in [6.07, 6.45) is 0.545. The first-order valence-corrected chi connectivity index (χ1v) is 9.50. The zero-order chi connectivity index (χ0) is 18.0. The largest absolute Gasteiger partial charge is 0.354 e. The highest BCUT2D eigenvalue weighted by atomic mass is 32.2. The number of benzene rings is 1. The third-order valence-electron chi connectivity index (χ3n) is 4.26. The van der Waals surface area contributed by atoms with E-state index in [0.29, 0.717) is 24.2 Å². The molecular formula is C17H18N2O5S. The molecule has 1 atom stereocenters. The van der Waals surface area contributed by atoms with E-state index in [2.05, 4.69) is 5.32 Å². The summed E-state index contributed by atoms with van der Waals surface area (Å²) < 4.78 is 32.0. The second kappa shape index (κ2) is 6.81. The maximum absolute atomic E-state index is 12.6. The van der Waals surface area contributed by atoms with Gasteiger partial charge in [-0.05, 0) is 18.6 Å². The van der Waals surface area contributed by atoms with Gasteiger partial charge in [0.15, 0.2) is 0 Å². The van der Waals surface area contributed by atoms with Crippen LogP contribution in [-0.4, -0.2) is 41.5 Å². The molecule has 1 aliphatic rings. The molecular weight excluding hydrogens is 344 g/mol. The lowest BCUT2D eigenvalue weighted by atomic mass is 10.0. The van der Waals surface area contributed by atoms with Gasteiger partial charge in [0.25, 0.3) is 10.1 Å². The molecule has 0 radical (unpaired) electrons. The van der Waals surface area contributed by atoms with Crippen molar-refractivity contribution in [1.29, 1.82) is 0 Å². The Bertz CT molecular complexity index is 902. The predicted octanol–water partition coefficient (Wildman–Crippen LogP) is 1.21. The molecule has 0 spiro atoms. The van der Waals surface area contributed by atoms with Crippen molar-refractivity contribution in [1.82, 2.24) is 9.88 Å². The van der Waals surface area contributed by atoms with Gasteiger partial charge in [-0.15, -0.1) is 0 Å². The lowest BCUT2D eigenvalue weighted by Crippen LogP contribution is -2.32. The molecule has 7 nitrogen and oxygen atoms in total. The minimum absolute atomic E-state index is 0.0979. The van der Waals surface area contributed by atoms with Crippen molar-refractivity contribution in [3.8, 4) is 0 Å². The Labute approximate surface area is 145 Å². The van der Waals surface area contributed by atoms with E-state index in [1.165, 1.54) is 0 Å². The number of hydrogen-bond donors (Lipinski definition) is 2. The Hall–Kier alpha value is -2.45. The second-order valence-electron chi connectivity index (χ2n) is 5.91. The van der Waals surface area contributed by atoms with Crippen LogP contribution in [0.2, 0.25) is 0 Å². The summed E-state index contributed by atoms with van der Waals surface area (Å²) in [5.41, 5.74) is 1.86. The number of ketones is 1. The van der Waals surface area contributed by atoms with E-state index in [4.69, 9.17) is 4.55 Å². The van der Waals surface area contributed by atoms with Crippen molar-refractivity contribution >= 4 is 21.8 Å². The molecule has 0 aliphatic carbocycles.